The zero-order valence-electron chi connectivity index (χ0n) is 15.7. The van der Waals surface area contributed by atoms with Crippen molar-refractivity contribution >= 4 is 24.0 Å². The standard InChI is InChI=1S/C19H26N4O3.ClH/c1-14-12-16(26-11-10-25-2)5-6-17(14)21-19(24)18-7-9-23(22-18)15-4-3-8-20-13-15;/h5-7,9,12,15,20H,3-4,8,10-11,13H2,1-2H3,(H,21,24);1H. The Morgan fingerprint density at radius 3 is 2.93 bits per heavy atom. The Kier molecular flexibility index (Phi) is 8.09. The molecule has 1 amide bonds. The van der Waals surface area contributed by atoms with Gasteiger partial charge in [0.15, 0.2) is 5.69 Å². The summed E-state index contributed by atoms with van der Waals surface area (Å²) >= 11 is 0. The second-order valence-corrected chi connectivity index (χ2v) is 6.45. The first kappa shape index (κ1) is 21.2. The Balaban J connectivity index is 0.00000261. The van der Waals surface area contributed by atoms with Gasteiger partial charge in [-0.3, -0.25) is 9.48 Å². The van der Waals surface area contributed by atoms with Gasteiger partial charge >= 0.3 is 0 Å². The van der Waals surface area contributed by atoms with Gasteiger partial charge in [0.25, 0.3) is 5.91 Å². The summed E-state index contributed by atoms with van der Waals surface area (Å²) in [6.45, 7) is 4.92. The molecule has 3 rings (SSSR count). The van der Waals surface area contributed by atoms with E-state index < -0.39 is 0 Å². The first-order valence-electron chi connectivity index (χ1n) is 8.97. The van der Waals surface area contributed by atoms with Crippen LogP contribution in [0.15, 0.2) is 30.5 Å². The number of nitrogens with one attached hydrogen (secondary N) is 2. The Labute approximate surface area is 165 Å². The largest absolute Gasteiger partial charge is 0.491 e. The number of methoxy groups -OCH3 is 1. The summed E-state index contributed by atoms with van der Waals surface area (Å²) < 4.78 is 12.4. The van der Waals surface area contributed by atoms with Crippen LogP contribution in [0.25, 0.3) is 0 Å². The molecule has 0 bridgehead atoms. The van der Waals surface area contributed by atoms with Crippen molar-refractivity contribution in [2.45, 2.75) is 25.8 Å². The van der Waals surface area contributed by atoms with Gasteiger partial charge in [-0.15, -0.1) is 12.4 Å². The van der Waals surface area contributed by atoms with Crippen LogP contribution in [0.1, 0.15) is 34.9 Å². The summed E-state index contributed by atoms with van der Waals surface area (Å²) in [6.07, 6.45) is 4.09. The van der Waals surface area contributed by atoms with Crippen LogP contribution >= 0.6 is 12.4 Å². The van der Waals surface area contributed by atoms with Crippen LogP contribution in [-0.4, -0.2) is 49.1 Å². The Bertz CT molecular complexity index is 744. The molecular formula is C19H27ClN4O3. The number of carbonyl (C=O) groups excluding carboxylic acids is 1. The maximum Gasteiger partial charge on any atom is 0.276 e. The highest BCUT2D eigenvalue weighted by Crippen LogP contribution is 2.22. The molecule has 0 radical (unpaired) electrons. The minimum Gasteiger partial charge on any atom is -0.491 e. The van der Waals surface area contributed by atoms with E-state index >= 15 is 0 Å². The van der Waals surface area contributed by atoms with Crippen molar-refractivity contribution in [3.63, 3.8) is 0 Å². The van der Waals surface area contributed by atoms with E-state index in [9.17, 15) is 4.79 Å². The van der Waals surface area contributed by atoms with Crippen LogP contribution in [0.2, 0.25) is 0 Å². The molecule has 2 heterocycles. The van der Waals surface area contributed by atoms with Gasteiger partial charge in [0.05, 0.1) is 12.6 Å². The van der Waals surface area contributed by atoms with Crippen molar-refractivity contribution in [1.29, 1.82) is 0 Å². The molecule has 148 valence electrons. The highest BCUT2D eigenvalue weighted by atomic mass is 35.5. The van der Waals surface area contributed by atoms with E-state index in [-0.39, 0.29) is 18.3 Å². The fourth-order valence-corrected chi connectivity index (χ4v) is 3.02. The smallest absolute Gasteiger partial charge is 0.276 e. The third-order valence-electron chi connectivity index (χ3n) is 4.49. The van der Waals surface area contributed by atoms with E-state index in [1.807, 2.05) is 36.0 Å². The number of carbonyl (C=O) groups is 1. The summed E-state index contributed by atoms with van der Waals surface area (Å²) in [7, 11) is 1.64. The third-order valence-corrected chi connectivity index (χ3v) is 4.49. The van der Waals surface area contributed by atoms with Crippen molar-refractivity contribution in [2.75, 3.05) is 38.7 Å². The molecule has 0 spiro atoms. The van der Waals surface area contributed by atoms with E-state index in [4.69, 9.17) is 9.47 Å². The molecule has 2 N–H and O–H groups in total. The highest BCUT2D eigenvalue weighted by Gasteiger charge is 2.18. The van der Waals surface area contributed by atoms with Gasteiger partial charge in [-0.25, -0.2) is 0 Å². The summed E-state index contributed by atoms with van der Waals surface area (Å²) in [6, 6.07) is 7.66. The summed E-state index contributed by atoms with van der Waals surface area (Å²) in [4.78, 5) is 12.5. The second kappa shape index (κ2) is 10.3. The van der Waals surface area contributed by atoms with Gasteiger partial charge in [0.1, 0.15) is 12.4 Å². The monoisotopic (exact) mass is 394 g/mol. The Hall–Kier alpha value is -2.09. The van der Waals surface area contributed by atoms with Crippen LogP contribution in [0.3, 0.4) is 0 Å². The molecule has 1 aliphatic heterocycles. The highest BCUT2D eigenvalue weighted by molar-refractivity contribution is 6.03. The molecule has 1 atom stereocenters. The molecule has 1 saturated heterocycles. The predicted octanol–water partition coefficient (Wildman–Crippen LogP) is 2.82. The lowest BCUT2D eigenvalue weighted by Gasteiger charge is -2.22. The van der Waals surface area contributed by atoms with Gasteiger partial charge < -0.3 is 20.1 Å². The van der Waals surface area contributed by atoms with E-state index in [0.29, 0.717) is 24.9 Å². The normalized spacial score (nSPS) is 16.4. The van der Waals surface area contributed by atoms with Crippen LogP contribution < -0.4 is 15.4 Å². The molecular weight excluding hydrogens is 368 g/mol. The number of nitrogens with zero attached hydrogens (tertiary/aromatic N) is 2. The maximum absolute atomic E-state index is 12.5. The number of aryl methyl sites for hydroxylation is 1. The first-order valence-corrected chi connectivity index (χ1v) is 8.97. The second-order valence-electron chi connectivity index (χ2n) is 6.45. The van der Waals surface area contributed by atoms with Crippen molar-refractivity contribution < 1.29 is 14.3 Å². The molecule has 1 aliphatic rings. The summed E-state index contributed by atoms with van der Waals surface area (Å²) in [5.74, 6) is 0.551. The molecule has 27 heavy (non-hydrogen) atoms. The third kappa shape index (κ3) is 5.69. The number of rotatable bonds is 7. The lowest BCUT2D eigenvalue weighted by atomic mass is 10.1. The zero-order chi connectivity index (χ0) is 18.4. The number of hydrogen-bond donors (Lipinski definition) is 2. The van der Waals surface area contributed by atoms with Gasteiger partial charge in [0.2, 0.25) is 0 Å². The number of ether oxygens (including phenoxy) is 2. The fraction of sp³-hybridized carbons (Fsp3) is 0.474. The summed E-state index contributed by atoms with van der Waals surface area (Å²) in [5, 5.41) is 10.7. The first-order chi connectivity index (χ1) is 12.7. The van der Waals surface area contributed by atoms with E-state index in [0.717, 1.165) is 42.9 Å². The van der Waals surface area contributed by atoms with Gasteiger partial charge in [-0.2, -0.15) is 5.10 Å². The van der Waals surface area contributed by atoms with Crippen molar-refractivity contribution in [1.82, 2.24) is 15.1 Å². The van der Waals surface area contributed by atoms with Crippen molar-refractivity contribution in [3.05, 3.63) is 41.7 Å². The molecule has 1 unspecified atom stereocenters. The minimum atomic E-state index is -0.205. The number of aromatic nitrogens is 2. The van der Waals surface area contributed by atoms with E-state index in [2.05, 4.69) is 15.7 Å². The Morgan fingerprint density at radius 1 is 1.37 bits per heavy atom. The molecule has 8 heteroatoms. The van der Waals surface area contributed by atoms with Crippen molar-refractivity contribution in [2.24, 2.45) is 0 Å². The predicted molar refractivity (Wildman–Crippen MR) is 107 cm³/mol. The number of benzene rings is 1. The van der Waals surface area contributed by atoms with Crippen molar-refractivity contribution in [3.8, 4) is 5.75 Å². The quantitative estimate of drug-likeness (QED) is 0.706. The Morgan fingerprint density at radius 2 is 2.22 bits per heavy atom. The lowest BCUT2D eigenvalue weighted by Crippen LogP contribution is -2.32. The summed E-state index contributed by atoms with van der Waals surface area (Å²) in [5.41, 5.74) is 2.11. The molecule has 0 saturated carbocycles. The molecule has 2 aromatic rings. The van der Waals surface area contributed by atoms with Crippen LogP contribution in [-0.2, 0) is 4.74 Å². The average molecular weight is 395 g/mol. The molecule has 7 nitrogen and oxygen atoms in total. The van der Waals surface area contributed by atoms with Crippen LogP contribution in [0, 0.1) is 6.92 Å². The number of amides is 1. The topological polar surface area (TPSA) is 77.4 Å². The minimum absolute atomic E-state index is 0. The molecule has 1 aromatic heterocycles. The van der Waals surface area contributed by atoms with Gasteiger partial charge in [-0.1, -0.05) is 0 Å². The number of halogens is 1. The fourth-order valence-electron chi connectivity index (χ4n) is 3.02. The maximum atomic E-state index is 12.5. The van der Waals surface area contributed by atoms with E-state index in [1.165, 1.54) is 0 Å². The molecule has 1 fully saturated rings. The SMILES string of the molecule is COCCOc1ccc(NC(=O)c2ccn(C3CCCNC3)n2)c(C)c1.Cl. The number of hydrogen-bond acceptors (Lipinski definition) is 5. The lowest BCUT2D eigenvalue weighted by molar-refractivity contribution is 0.102. The number of piperidine rings is 1. The average Bonchev–Trinajstić information content (AvgIpc) is 3.15. The zero-order valence-corrected chi connectivity index (χ0v) is 16.6. The number of anilines is 1. The van der Waals surface area contributed by atoms with Gasteiger partial charge in [-0.05, 0) is 56.1 Å². The van der Waals surface area contributed by atoms with Gasteiger partial charge in [0, 0.05) is 25.5 Å². The van der Waals surface area contributed by atoms with E-state index in [1.54, 1.807) is 13.2 Å². The molecule has 1 aromatic carbocycles. The molecule has 0 aliphatic carbocycles. The van der Waals surface area contributed by atoms with Crippen LogP contribution in [0.5, 0.6) is 5.75 Å². The van der Waals surface area contributed by atoms with Crippen LogP contribution in [0.4, 0.5) is 5.69 Å².